The van der Waals surface area contributed by atoms with Gasteiger partial charge in [0, 0.05) is 31.1 Å². The minimum Gasteiger partial charge on any atom is -0.391 e. The first-order valence-electron chi connectivity index (χ1n) is 7.39. The van der Waals surface area contributed by atoms with Crippen LogP contribution in [-0.4, -0.2) is 59.3 Å². The van der Waals surface area contributed by atoms with Crippen molar-refractivity contribution in [3.8, 4) is 0 Å². The third kappa shape index (κ3) is 3.42. The molecule has 4 N–H and O–H groups in total. The van der Waals surface area contributed by atoms with Gasteiger partial charge in [-0.3, -0.25) is 0 Å². The van der Waals surface area contributed by atoms with Gasteiger partial charge in [0.25, 0.3) is 0 Å². The third-order valence-corrected chi connectivity index (χ3v) is 3.86. The zero-order chi connectivity index (χ0) is 15.6. The van der Waals surface area contributed by atoms with Gasteiger partial charge in [-0.15, -0.1) is 0 Å². The Kier molecular flexibility index (Phi) is 4.97. The van der Waals surface area contributed by atoms with E-state index in [0.29, 0.717) is 12.4 Å². The summed E-state index contributed by atoms with van der Waals surface area (Å²) in [6.45, 7) is 5.46. The zero-order valence-corrected chi connectivity index (χ0v) is 13.3. The Morgan fingerprint density at radius 3 is 2.71 bits per heavy atom. The topological polar surface area (TPSA) is 90.5 Å². The molecule has 1 aromatic heterocycles. The van der Waals surface area contributed by atoms with Crippen molar-refractivity contribution in [2.45, 2.75) is 38.8 Å². The van der Waals surface area contributed by atoms with E-state index >= 15 is 0 Å². The second-order valence-corrected chi connectivity index (χ2v) is 5.89. The van der Waals surface area contributed by atoms with Crippen LogP contribution in [0.15, 0.2) is 0 Å². The van der Waals surface area contributed by atoms with Crippen LogP contribution in [0.2, 0.25) is 0 Å². The Balaban J connectivity index is 2.38. The first-order chi connectivity index (χ1) is 9.96. The number of aryl methyl sites for hydroxylation is 1. The largest absolute Gasteiger partial charge is 0.391 e. The maximum atomic E-state index is 10.0. The summed E-state index contributed by atoms with van der Waals surface area (Å²) in [5.74, 6) is 7.85. The molecule has 0 aromatic carbocycles. The van der Waals surface area contributed by atoms with E-state index in [2.05, 4.69) is 25.2 Å². The van der Waals surface area contributed by atoms with Gasteiger partial charge < -0.3 is 20.3 Å². The Morgan fingerprint density at radius 1 is 1.43 bits per heavy atom. The molecule has 118 valence electrons. The van der Waals surface area contributed by atoms with Gasteiger partial charge in [0.05, 0.1) is 6.10 Å². The van der Waals surface area contributed by atoms with Crippen LogP contribution in [0.4, 0.5) is 11.6 Å². The first kappa shape index (κ1) is 15.9. The van der Waals surface area contributed by atoms with Gasteiger partial charge >= 0.3 is 0 Å². The molecule has 0 amide bonds. The number of hydrogen-bond donors (Lipinski definition) is 3. The van der Waals surface area contributed by atoms with E-state index in [-0.39, 0.29) is 12.1 Å². The molecule has 0 radical (unpaired) electrons. The highest BCUT2D eigenvalue weighted by molar-refractivity contribution is 5.59. The SMILES string of the molecule is CCc1nc(NN)c(C)c(N2CC(O)CC2CN(C)C)n1. The fraction of sp³-hybridized carbons (Fsp3) is 0.714. The summed E-state index contributed by atoms with van der Waals surface area (Å²) in [5.41, 5.74) is 3.57. The molecule has 2 unspecified atom stereocenters. The van der Waals surface area contributed by atoms with Crippen LogP contribution in [0, 0.1) is 6.92 Å². The summed E-state index contributed by atoms with van der Waals surface area (Å²) >= 11 is 0. The number of likely N-dealkylation sites (N-methyl/N-ethyl adjacent to an activating group) is 1. The molecule has 0 aliphatic carbocycles. The van der Waals surface area contributed by atoms with Crippen LogP contribution in [0.5, 0.6) is 0 Å². The number of hydrogen-bond acceptors (Lipinski definition) is 7. The highest BCUT2D eigenvalue weighted by atomic mass is 16.3. The molecule has 2 heterocycles. The van der Waals surface area contributed by atoms with E-state index in [9.17, 15) is 5.11 Å². The van der Waals surface area contributed by atoms with E-state index < -0.39 is 0 Å². The number of β-amino-alcohol motifs (C(OH)–C–C–N with tert-alkyl or cyclic N) is 1. The molecule has 1 aromatic rings. The second kappa shape index (κ2) is 6.55. The second-order valence-electron chi connectivity index (χ2n) is 5.89. The van der Waals surface area contributed by atoms with Crippen LogP contribution in [0.25, 0.3) is 0 Å². The molecular weight excluding hydrogens is 268 g/mol. The smallest absolute Gasteiger partial charge is 0.148 e. The van der Waals surface area contributed by atoms with Crippen molar-refractivity contribution in [2.75, 3.05) is 37.5 Å². The summed E-state index contributed by atoms with van der Waals surface area (Å²) in [6.07, 6.45) is 1.19. The number of nitrogens with zero attached hydrogens (tertiary/aromatic N) is 4. The number of aromatic nitrogens is 2. The van der Waals surface area contributed by atoms with Crippen molar-refractivity contribution in [1.82, 2.24) is 14.9 Å². The molecule has 7 nitrogen and oxygen atoms in total. The standard InChI is InChI=1S/C14H26N6O/c1-5-12-16-13(18-15)9(2)14(17-12)20-8-11(21)6-10(20)7-19(3)4/h10-11,21H,5-8,15H2,1-4H3,(H,16,17,18). The number of hydrazine groups is 1. The van der Waals surface area contributed by atoms with Crippen molar-refractivity contribution in [3.63, 3.8) is 0 Å². The van der Waals surface area contributed by atoms with Crippen molar-refractivity contribution in [1.29, 1.82) is 0 Å². The quantitative estimate of drug-likeness (QED) is 0.525. The van der Waals surface area contributed by atoms with Crippen molar-refractivity contribution < 1.29 is 5.11 Å². The lowest BCUT2D eigenvalue weighted by Gasteiger charge is -2.29. The van der Waals surface area contributed by atoms with Crippen molar-refractivity contribution >= 4 is 11.6 Å². The monoisotopic (exact) mass is 294 g/mol. The maximum Gasteiger partial charge on any atom is 0.148 e. The van der Waals surface area contributed by atoms with Gasteiger partial charge in [-0.05, 0) is 27.4 Å². The molecule has 7 heteroatoms. The number of nitrogens with two attached hydrogens (primary N) is 1. The van der Waals surface area contributed by atoms with Gasteiger partial charge in [-0.1, -0.05) is 6.92 Å². The summed E-state index contributed by atoms with van der Waals surface area (Å²) in [4.78, 5) is 13.4. The molecule has 1 saturated heterocycles. The number of anilines is 2. The average molecular weight is 294 g/mol. The lowest BCUT2D eigenvalue weighted by molar-refractivity contribution is 0.191. The Morgan fingerprint density at radius 2 is 2.14 bits per heavy atom. The fourth-order valence-corrected chi connectivity index (χ4v) is 2.87. The van der Waals surface area contributed by atoms with Gasteiger partial charge in [0.2, 0.25) is 0 Å². The first-order valence-corrected chi connectivity index (χ1v) is 7.39. The minimum absolute atomic E-state index is 0.249. The molecule has 1 fully saturated rings. The number of aliphatic hydroxyl groups excluding tert-OH is 1. The lowest BCUT2D eigenvalue weighted by atomic mass is 10.2. The van der Waals surface area contributed by atoms with Gasteiger partial charge in [-0.25, -0.2) is 15.8 Å². The van der Waals surface area contributed by atoms with E-state index in [1.54, 1.807) is 0 Å². The lowest BCUT2D eigenvalue weighted by Crippen LogP contribution is -2.38. The van der Waals surface area contributed by atoms with Gasteiger partial charge in [-0.2, -0.15) is 0 Å². The molecule has 0 spiro atoms. The third-order valence-electron chi connectivity index (χ3n) is 3.86. The predicted molar refractivity (Wildman–Crippen MR) is 84.3 cm³/mol. The van der Waals surface area contributed by atoms with E-state index in [0.717, 1.165) is 36.6 Å². The van der Waals surface area contributed by atoms with Crippen LogP contribution >= 0.6 is 0 Å². The van der Waals surface area contributed by atoms with Gasteiger partial charge in [0.1, 0.15) is 17.5 Å². The van der Waals surface area contributed by atoms with Crippen LogP contribution in [0.1, 0.15) is 24.7 Å². The summed E-state index contributed by atoms with van der Waals surface area (Å²) in [7, 11) is 4.08. The Bertz CT molecular complexity index is 493. The number of aliphatic hydroxyl groups is 1. The van der Waals surface area contributed by atoms with Crippen LogP contribution < -0.4 is 16.2 Å². The minimum atomic E-state index is -0.316. The molecule has 0 saturated carbocycles. The van der Waals surface area contributed by atoms with E-state index in [4.69, 9.17) is 5.84 Å². The highest BCUT2D eigenvalue weighted by Crippen LogP contribution is 2.30. The summed E-state index contributed by atoms with van der Waals surface area (Å²) in [6, 6.07) is 0.249. The predicted octanol–water partition coefficient (Wildman–Crippen LogP) is 0.134. The van der Waals surface area contributed by atoms with Crippen LogP contribution in [0.3, 0.4) is 0 Å². The molecule has 0 bridgehead atoms. The number of nitrogen functional groups attached to an aromatic ring is 1. The molecule has 1 aliphatic rings. The molecular formula is C14H26N6O. The van der Waals surface area contributed by atoms with E-state index in [1.807, 2.05) is 27.9 Å². The van der Waals surface area contributed by atoms with Crippen molar-refractivity contribution in [3.05, 3.63) is 11.4 Å². The van der Waals surface area contributed by atoms with Gasteiger partial charge in [0.15, 0.2) is 0 Å². The summed E-state index contributed by atoms with van der Waals surface area (Å²) in [5, 5.41) is 10.0. The zero-order valence-electron chi connectivity index (χ0n) is 13.3. The normalized spacial score (nSPS) is 22.1. The van der Waals surface area contributed by atoms with E-state index in [1.165, 1.54) is 0 Å². The number of rotatable bonds is 5. The maximum absolute atomic E-state index is 10.0. The molecule has 2 rings (SSSR count). The van der Waals surface area contributed by atoms with Crippen LogP contribution in [-0.2, 0) is 6.42 Å². The Labute approximate surface area is 126 Å². The molecule has 2 atom stereocenters. The Hall–Kier alpha value is -1.44. The van der Waals surface area contributed by atoms with Crippen molar-refractivity contribution in [2.24, 2.45) is 5.84 Å². The highest BCUT2D eigenvalue weighted by Gasteiger charge is 2.33. The molecule has 1 aliphatic heterocycles. The molecule has 21 heavy (non-hydrogen) atoms. The summed E-state index contributed by atoms with van der Waals surface area (Å²) < 4.78 is 0. The number of nitrogens with one attached hydrogen (secondary N) is 1. The fourth-order valence-electron chi connectivity index (χ4n) is 2.87. The average Bonchev–Trinajstić information content (AvgIpc) is 2.78.